The summed E-state index contributed by atoms with van der Waals surface area (Å²) >= 11 is 0. The van der Waals surface area contributed by atoms with Gasteiger partial charge in [0.2, 0.25) is 0 Å². The number of carbonyl (C=O) groups excluding carboxylic acids is 2. The molecule has 2 amide bonds. The van der Waals surface area contributed by atoms with Crippen LogP contribution in [-0.2, 0) is 4.74 Å². The molecule has 2 rings (SSSR count). The van der Waals surface area contributed by atoms with Crippen molar-refractivity contribution in [1.29, 1.82) is 0 Å². The van der Waals surface area contributed by atoms with E-state index >= 15 is 0 Å². The van der Waals surface area contributed by atoms with Crippen molar-refractivity contribution in [2.24, 2.45) is 0 Å². The molecule has 7 heteroatoms. The third-order valence-electron chi connectivity index (χ3n) is 4.28. The van der Waals surface area contributed by atoms with E-state index in [1.165, 1.54) is 7.11 Å². The lowest BCUT2D eigenvalue weighted by atomic mass is 10.2. The fourth-order valence-electron chi connectivity index (χ4n) is 2.80. The van der Waals surface area contributed by atoms with Crippen molar-refractivity contribution in [3.05, 3.63) is 29.8 Å². The van der Waals surface area contributed by atoms with E-state index in [0.717, 1.165) is 31.7 Å². The first-order valence-corrected chi connectivity index (χ1v) is 8.62. The monoisotopic (exact) mass is 348 g/mol. The Labute approximate surface area is 149 Å². The Balaban J connectivity index is 1.77. The molecule has 7 nitrogen and oxygen atoms in total. The van der Waals surface area contributed by atoms with Gasteiger partial charge in [-0.05, 0) is 51.3 Å². The van der Waals surface area contributed by atoms with Crippen LogP contribution in [0.4, 0.5) is 10.5 Å². The van der Waals surface area contributed by atoms with E-state index in [4.69, 9.17) is 4.74 Å². The predicted octanol–water partition coefficient (Wildman–Crippen LogP) is 1.26. The Hall–Kier alpha value is -2.28. The van der Waals surface area contributed by atoms with Gasteiger partial charge in [0.15, 0.2) is 0 Å². The molecule has 0 atom stereocenters. The summed E-state index contributed by atoms with van der Waals surface area (Å²) in [6, 6.07) is 7.39. The Kier molecular flexibility index (Phi) is 7.06. The van der Waals surface area contributed by atoms with Gasteiger partial charge in [-0.15, -0.1) is 0 Å². The summed E-state index contributed by atoms with van der Waals surface area (Å²) in [6.07, 6.45) is 0.950. The molecule has 1 saturated heterocycles. The van der Waals surface area contributed by atoms with E-state index < -0.39 is 0 Å². The van der Waals surface area contributed by atoms with Crippen LogP contribution in [0.2, 0.25) is 0 Å². The highest BCUT2D eigenvalue weighted by Crippen LogP contribution is 2.17. The summed E-state index contributed by atoms with van der Waals surface area (Å²) in [5.74, 6) is -0.331. The highest BCUT2D eigenvalue weighted by molar-refractivity contribution is 5.89. The van der Waals surface area contributed by atoms with Crippen LogP contribution in [-0.4, -0.2) is 82.3 Å². The Morgan fingerprint density at radius 1 is 1.12 bits per heavy atom. The number of carbonyl (C=O) groups is 2. The van der Waals surface area contributed by atoms with Crippen molar-refractivity contribution >= 4 is 17.7 Å². The van der Waals surface area contributed by atoms with Gasteiger partial charge in [0, 0.05) is 38.4 Å². The topological polar surface area (TPSA) is 65.1 Å². The molecule has 1 heterocycles. The number of ether oxygens (including phenoxy) is 1. The lowest BCUT2D eigenvalue weighted by molar-refractivity contribution is 0.0600. The number of rotatable bonds is 6. The second-order valence-electron chi connectivity index (χ2n) is 6.40. The van der Waals surface area contributed by atoms with Crippen molar-refractivity contribution in [3.8, 4) is 0 Å². The van der Waals surface area contributed by atoms with Crippen LogP contribution in [0.5, 0.6) is 0 Å². The number of nitrogens with one attached hydrogen (secondary N) is 1. The van der Waals surface area contributed by atoms with Gasteiger partial charge in [0.05, 0.1) is 12.7 Å². The Bertz CT molecular complexity index is 566. The molecule has 1 aliphatic heterocycles. The number of amides is 2. The molecule has 0 spiro atoms. The van der Waals surface area contributed by atoms with Crippen LogP contribution in [0, 0.1) is 0 Å². The van der Waals surface area contributed by atoms with E-state index in [0.29, 0.717) is 25.2 Å². The molecule has 0 aliphatic carbocycles. The number of benzene rings is 1. The fraction of sp³-hybridized carbons (Fsp3) is 0.556. The Morgan fingerprint density at radius 2 is 1.76 bits per heavy atom. The molecule has 1 fully saturated rings. The number of anilines is 1. The van der Waals surface area contributed by atoms with E-state index in [1.54, 1.807) is 12.1 Å². The molecule has 0 aromatic heterocycles. The first-order chi connectivity index (χ1) is 12.0. The maximum Gasteiger partial charge on any atom is 0.337 e. The van der Waals surface area contributed by atoms with Gasteiger partial charge in [-0.3, -0.25) is 0 Å². The highest BCUT2D eigenvalue weighted by Gasteiger charge is 2.21. The zero-order valence-corrected chi connectivity index (χ0v) is 15.3. The molecule has 1 N–H and O–H groups in total. The summed E-state index contributed by atoms with van der Waals surface area (Å²) in [6.45, 7) is 4.61. The van der Waals surface area contributed by atoms with Crippen molar-refractivity contribution < 1.29 is 14.3 Å². The van der Waals surface area contributed by atoms with Gasteiger partial charge in [0.1, 0.15) is 0 Å². The number of hydrogen-bond donors (Lipinski definition) is 1. The smallest absolute Gasteiger partial charge is 0.337 e. The van der Waals surface area contributed by atoms with Gasteiger partial charge in [-0.2, -0.15) is 0 Å². The van der Waals surface area contributed by atoms with Crippen LogP contribution in [0.1, 0.15) is 16.8 Å². The average Bonchev–Trinajstić information content (AvgIpc) is 2.64. The first kappa shape index (κ1) is 19.1. The number of esters is 1. The van der Waals surface area contributed by atoms with Crippen LogP contribution >= 0.6 is 0 Å². The number of methoxy groups -OCH3 is 1. The normalized spacial score (nSPS) is 14.6. The van der Waals surface area contributed by atoms with Crippen molar-refractivity contribution in [3.63, 3.8) is 0 Å². The molecule has 0 saturated carbocycles. The van der Waals surface area contributed by atoms with Crippen LogP contribution in [0.25, 0.3) is 0 Å². The molecule has 0 bridgehead atoms. The maximum absolute atomic E-state index is 12.2. The lowest BCUT2D eigenvalue weighted by Crippen LogP contribution is -2.52. The van der Waals surface area contributed by atoms with Gasteiger partial charge < -0.3 is 24.8 Å². The minimum absolute atomic E-state index is 0.0134. The molecular weight excluding hydrogens is 320 g/mol. The summed E-state index contributed by atoms with van der Waals surface area (Å²) in [5.41, 5.74) is 1.60. The largest absolute Gasteiger partial charge is 0.465 e. The van der Waals surface area contributed by atoms with Crippen molar-refractivity contribution in [2.45, 2.75) is 6.42 Å². The van der Waals surface area contributed by atoms with Gasteiger partial charge in [-0.25, -0.2) is 9.59 Å². The molecule has 25 heavy (non-hydrogen) atoms. The molecular formula is C18H28N4O3. The van der Waals surface area contributed by atoms with Crippen LogP contribution in [0.3, 0.4) is 0 Å². The minimum atomic E-state index is -0.331. The van der Waals surface area contributed by atoms with Crippen LogP contribution in [0.15, 0.2) is 24.3 Å². The summed E-state index contributed by atoms with van der Waals surface area (Å²) in [7, 11) is 5.43. The number of urea groups is 1. The summed E-state index contributed by atoms with van der Waals surface area (Å²) < 4.78 is 4.71. The first-order valence-electron chi connectivity index (χ1n) is 8.62. The highest BCUT2D eigenvalue weighted by atomic mass is 16.5. The molecule has 1 aliphatic rings. The van der Waals surface area contributed by atoms with Gasteiger partial charge in [-0.1, -0.05) is 0 Å². The lowest BCUT2D eigenvalue weighted by Gasteiger charge is -2.36. The third kappa shape index (κ3) is 5.63. The summed E-state index contributed by atoms with van der Waals surface area (Å²) in [4.78, 5) is 29.8. The number of nitrogens with zero attached hydrogens (tertiary/aromatic N) is 3. The van der Waals surface area contributed by atoms with Crippen molar-refractivity contribution in [2.75, 3.05) is 65.4 Å². The molecule has 0 radical (unpaired) electrons. The van der Waals surface area contributed by atoms with Gasteiger partial charge in [0.25, 0.3) is 0 Å². The quantitative estimate of drug-likeness (QED) is 0.619. The SMILES string of the molecule is COC(=O)c1ccc(N2CCN(C(=O)NCCCN(C)C)CC2)cc1. The van der Waals surface area contributed by atoms with E-state index in [-0.39, 0.29) is 12.0 Å². The van der Waals surface area contributed by atoms with E-state index in [9.17, 15) is 9.59 Å². The van der Waals surface area contributed by atoms with E-state index in [2.05, 4.69) is 15.1 Å². The van der Waals surface area contributed by atoms with Crippen LogP contribution < -0.4 is 10.2 Å². The standard InChI is InChI=1S/C18H28N4O3/c1-20(2)10-4-9-19-18(24)22-13-11-21(12-14-22)16-7-5-15(6-8-16)17(23)25-3/h5-8H,4,9-14H2,1-3H3,(H,19,24). The molecule has 1 aromatic rings. The zero-order valence-electron chi connectivity index (χ0n) is 15.3. The molecule has 0 unspecified atom stereocenters. The zero-order chi connectivity index (χ0) is 18.2. The molecule has 1 aromatic carbocycles. The summed E-state index contributed by atoms with van der Waals surface area (Å²) in [5, 5.41) is 2.98. The third-order valence-corrected chi connectivity index (χ3v) is 4.28. The number of piperazine rings is 1. The fourth-order valence-corrected chi connectivity index (χ4v) is 2.80. The van der Waals surface area contributed by atoms with Gasteiger partial charge >= 0.3 is 12.0 Å². The van der Waals surface area contributed by atoms with Crippen molar-refractivity contribution in [1.82, 2.24) is 15.1 Å². The molecule has 138 valence electrons. The predicted molar refractivity (Wildman–Crippen MR) is 98.1 cm³/mol. The average molecular weight is 348 g/mol. The minimum Gasteiger partial charge on any atom is -0.465 e. The Morgan fingerprint density at radius 3 is 2.32 bits per heavy atom. The van der Waals surface area contributed by atoms with E-state index in [1.807, 2.05) is 31.1 Å². The number of hydrogen-bond acceptors (Lipinski definition) is 5. The second kappa shape index (κ2) is 9.27. The second-order valence-corrected chi connectivity index (χ2v) is 6.40. The maximum atomic E-state index is 12.2.